The number of hydrogen-bond acceptors (Lipinski definition) is 4. The van der Waals surface area contributed by atoms with Gasteiger partial charge in [-0.25, -0.2) is 0 Å². The molecule has 0 aromatic heterocycles. The Morgan fingerprint density at radius 1 is 1.11 bits per heavy atom. The number of hydrogen-bond donors (Lipinski definition) is 2. The molecular formula is C13H26N2O4. The lowest BCUT2D eigenvalue weighted by Gasteiger charge is -2.33. The lowest BCUT2D eigenvalue weighted by Crippen LogP contribution is -2.49. The molecule has 6 heteroatoms. The van der Waals surface area contributed by atoms with E-state index in [9.17, 15) is 19.8 Å². The van der Waals surface area contributed by atoms with E-state index in [1.54, 1.807) is 27.9 Å². The van der Waals surface area contributed by atoms with Crippen LogP contribution in [0, 0.1) is 5.92 Å². The summed E-state index contributed by atoms with van der Waals surface area (Å²) in [7, 11) is 3.23. The van der Waals surface area contributed by atoms with Crippen LogP contribution in [0.25, 0.3) is 0 Å². The maximum atomic E-state index is 12.2. The van der Waals surface area contributed by atoms with Gasteiger partial charge < -0.3 is 20.0 Å². The minimum atomic E-state index is -0.994. The van der Waals surface area contributed by atoms with Gasteiger partial charge in [-0.2, -0.15) is 0 Å². The van der Waals surface area contributed by atoms with Gasteiger partial charge >= 0.3 is 0 Å². The van der Waals surface area contributed by atoms with E-state index in [2.05, 4.69) is 0 Å². The van der Waals surface area contributed by atoms with Gasteiger partial charge in [0.15, 0.2) is 0 Å². The van der Waals surface area contributed by atoms with Gasteiger partial charge in [-0.05, 0) is 13.8 Å². The number of likely N-dealkylation sites (N-methyl/N-ethyl adjacent to an activating group) is 1. The fourth-order valence-corrected chi connectivity index (χ4v) is 1.80. The van der Waals surface area contributed by atoms with Gasteiger partial charge in [0.05, 0.1) is 24.2 Å². The van der Waals surface area contributed by atoms with Crippen molar-refractivity contribution in [2.75, 3.05) is 20.6 Å². The molecule has 0 saturated carbocycles. The minimum Gasteiger partial charge on any atom is -0.391 e. The van der Waals surface area contributed by atoms with E-state index < -0.39 is 18.2 Å². The molecule has 0 radical (unpaired) electrons. The van der Waals surface area contributed by atoms with Gasteiger partial charge in [-0.1, -0.05) is 6.92 Å². The monoisotopic (exact) mass is 274 g/mol. The summed E-state index contributed by atoms with van der Waals surface area (Å²) in [5.74, 6) is -0.623. The Kier molecular flexibility index (Phi) is 7.00. The summed E-state index contributed by atoms with van der Waals surface area (Å²) in [6.45, 7) is 6.67. The van der Waals surface area contributed by atoms with Gasteiger partial charge in [0.25, 0.3) is 0 Å². The molecule has 0 aliphatic carbocycles. The molecule has 0 fully saturated rings. The lowest BCUT2D eigenvalue weighted by molar-refractivity contribution is -0.140. The Morgan fingerprint density at radius 3 is 1.95 bits per heavy atom. The number of aliphatic hydroxyl groups excluding tert-OH is 2. The summed E-state index contributed by atoms with van der Waals surface area (Å²) in [5, 5.41) is 19.1. The zero-order valence-corrected chi connectivity index (χ0v) is 12.6. The molecular weight excluding hydrogens is 248 g/mol. The molecule has 0 spiro atoms. The van der Waals surface area contributed by atoms with Crippen LogP contribution in [0.2, 0.25) is 0 Å². The smallest absolute Gasteiger partial charge is 0.227 e. The van der Waals surface area contributed by atoms with Crippen molar-refractivity contribution in [2.24, 2.45) is 5.92 Å². The number of amides is 2. The highest BCUT2D eigenvalue weighted by Gasteiger charge is 2.29. The summed E-state index contributed by atoms with van der Waals surface area (Å²) in [4.78, 5) is 26.2. The first-order chi connectivity index (χ1) is 8.59. The van der Waals surface area contributed by atoms with Crippen molar-refractivity contribution in [1.29, 1.82) is 0 Å². The number of rotatable bonds is 6. The predicted octanol–water partition coefficient (Wildman–Crippen LogP) is -0.311. The number of carbonyl (C=O) groups excluding carboxylic acids is 2. The normalized spacial score (nSPS) is 17.3. The first-order valence-electron chi connectivity index (χ1n) is 6.44. The van der Waals surface area contributed by atoms with E-state index in [4.69, 9.17) is 0 Å². The molecule has 3 unspecified atom stereocenters. The van der Waals surface area contributed by atoms with Gasteiger partial charge in [-0.3, -0.25) is 9.59 Å². The maximum Gasteiger partial charge on any atom is 0.227 e. The second kappa shape index (κ2) is 7.45. The quantitative estimate of drug-likeness (QED) is 0.696. The molecule has 4 atom stereocenters. The number of carbonyl (C=O) groups is 2. The van der Waals surface area contributed by atoms with Crippen LogP contribution in [-0.2, 0) is 9.59 Å². The second-order valence-corrected chi connectivity index (χ2v) is 5.22. The second-order valence-electron chi connectivity index (χ2n) is 5.22. The van der Waals surface area contributed by atoms with Crippen LogP contribution >= 0.6 is 0 Å². The molecule has 0 aliphatic rings. The first-order valence-corrected chi connectivity index (χ1v) is 6.44. The fraction of sp³-hybridized carbons (Fsp3) is 0.846. The van der Waals surface area contributed by atoms with Crippen LogP contribution in [0.3, 0.4) is 0 Å². The average Bonchev–Trinajstić information content (AvgIpc) is 2.34. The highest BCUT2D eigenvalue weighted by atomic mass is 16.3. The van der Waals surface area contributed by atoms with E-state index in [1.165, 1.54) is 23.6 Å². The zero-order valence-electron chi connectivity index (χ0n) is 12.6. The molecule has 0 bridgehead atoms. The molecule has 0 aromatic rings. The summed E-state index contributed by atoms with van der Waals surface area (Å²) in [5.41, 5.74) is 0. The molecule has 0 aromatic carbocycles. The largest absolute Gasteiger partial charge is 0.391 e. The summed E-state index contributed by atoms with van der Waals surface area (Å²) in [6, 6.07) is -0.488. The molecule has 19 heavy (non-hydrogen) atoms. The van der Waals surface area contributed by atoms with Crippen LogP contribution < -0.4 is 0 Å². The van der Waals surface area contributed by atoms with Crippen LogP contribution in [-0.4, -0.2) is 70.7 Å². The standard InChI is InChI=1S/C13H26N2O4/c1-8(7-14(5)11(4)17)13(19)15(6)9(2)12(18)10(3)16/h8-10,12,16,18H,7H2,1-6H3/t8?,9?,10?,12-/m1/s1. The third kappa shape index (κ3) is 5.16. The maximum absolute atomic E-state index is 12.2. The van der Waals surface area contributed by atoms with Crippen molar-refractivity contribution in [2.45, 2.75) is 45.9 Å². The SMILES string of the molecule is CC(=O)N(C)CC(C)C(=O)N(C)C(C)[C@@H](O)C(C)O. The van der Waals surface area contributed by atoms with Crippen molar-refractivity contribution >= 4 is 11.8 Å². The average molecular weight is 274 g/mol. The van der Waals surface area contributed by atoms with E-state index in [-0.39, 0.29) is 17.7 Å². The topological polar surface area (TPSA) is 81.1 Å². The molecule has 0 aliphatic heterocycles. The molecule has 112 valence electrons. The Balaban J connectivity index is 4.59. The molecule has 2 N–H and O–H groups in total. The molecule has 2 amide bonds. The van der Waals surface area contributed by atoms with E-state index in [1.807, 2.05) is 0 Å². The summed E-state index contributed by atoms with van der Waals surface area (Å²) >= 11 is 0. The van der Waals surface area contributed by atoms with Gasteiger partial charge in [0, 0.05) is 27.6 Å². The van der Waals surface area contributed by atoms with Crippen LogP contribution in [0.1, 0.15) is 27.7 Å². The van der Waals surface area contributed by atoms with E-state index >= 15 is 0 Å². The first kappa shape index (κ1) is 17.9. The van der Waals surface area contributed by atoms with E-state index in [0.717, 1.165) is 0 Å². The molecule has 6 nitrogen and oxygen atoms in total. The van der Waals surface area contributed by atoms with Crippen LogP contribution in [0.4, 0.5) is 0 Å². The van der Waals surface area contributed by atoms with Crippen molar-refractivity contribution in [3.05, 3.63) is 0 Å². The van der Waals surface area contributed by atoms with Gasteiger partial charge in [-0.15, -0.1) is 0 Å². The predicted molar refractivity (Wildman–Crippen MR) is 72.4 cm³/mol. The third-order valence-corrected chi connectivity index (χ3v) is 3.45. The van der Waals surface area contributed by atoms with Crippen molar-refractivity contribution < 1.29 is 19.8 Å². The molecule has 0 saturated heterocycles. The van der Waals surface area contributed by atoms with Crippen molar-refractivity contribution in [3.63, 3.8) is 0 Å². The van der Waals surface area contributed by atoms with Gasteiger partial charge in [0.1, 0.15) is 0 Å². The minimum absolute atomic E-state index is 0.0978. The Labute approximate surface area is 115 Å². The number of nitrogens with zero attached hydrogens (tertiary/aromatic N) is 2. The Morgan fingerprint density at radius 2 is 1.58 bits per heavy atom. The molecule has 0 rings (SSSR count). The van der Waals surface area contributed by atoms with Crippen LogP contribution in [0.15, 0.2) is 0 Å². The zero-order chi connectivity index (χ0) is 15.3. The van der Waals surface area contributed by atoms with Gasteiger partial charge in [0.2, 0.25) is 11.8 Å². The lowest BCUT2D eigenvalue weighted by atomic mass is 10.0. The summed E-state index contributed by atoms with van der Waals surface area (Å²) < 4.78 is 0. The Hall–Kier alpha value is -1.14. The Bertz CT molecular complexity index is 320. The van der Waals surface area contributed by atoms with Crippen LogP contribution in [0.5, 0.6) is 0 Å². The highest BCUT2D eigenvalue weighted by molar-refractivity contribution is 5.80. The van der Waals surface area contributed by atoms with E-state index in [0.29, 0.717) is 6.54 Å². The summed E-state index contributed by atoms with van der Waals surface area (Å²) in [6.07, 6.45) is -1.90. The highest BCUT2D eigenvalue weighted by Crippen LogP contribution is 2.11. The third-order valence-electron chi connectivity index (χ3n) is 3.45. The number of aliphatic hydroxyl groups is 2. The van der Waals surface area contributed by atoms with Crippen molar-refractivity contribution in [1.82, 2.24) is 9.80 Å². The van der Waals surface area contributed by atoms with Crippen molar-refractivity contribution in [3.8, 4) is 0 Å². The fourth-order valence-electron chi connectivity index (χ4n) is 1.80. The molecule has 0 heterocycles.